The molecule has 0 amide bonds. The molecule has 8 nitrogen and oxygen atoms in total. The molecule has 0 saturated carbocycles. The van der Waals surface area contributed by atoms with Crippen molar-refractivity contribution in [2.45, 2.75) is 158 Å². The van der Waals surface area contributed by atoms with Gasteiger partial charge in [0.15, 0.2) is 0 Å². The first-order valence-electron chi connectivity index (χ1n) is 26.1. The van der Waals surface area contributed by atoms with Crippen molar-refractivity contribution in [1.29, 1.82) is 0 Å². The first-order valence-corrected chi connectivity index (χ1v) is 27.2. The molecule has 1 N–H and O–H groups in total. The fourth-order valence-corrected chi connectivity index (χ4v) is 8.96. The highest BCUT2D eigenvalue weighted by Gasteiger charge is 2.28. The number of aryl methyl sites for hydroxylation is 2. The lowest BCUT2D eigenvalue weighted by Crippen LogP contribution is -2.36. The number of carbonyl (C=O) groups is 2. The number of nitrogens with zero attached hydrogens (tertiary/aromatic N) is 4. The Hall–Kier alpha value is -4.91. The van der Waals surface area contributed by atoms with Crippen LogP contribution in [0, 0.1) is 25.7 Å². The lowest BCUT2D eigenvalue weighted by Gasteiger charge is -2.37. The standard InChI is InChI=1S/C27H32ClN3O2.C15H22Cl2.C8H9NO2.C6H12.C4H10.C2H2/c1-18-11-22(14-24(28)12-18)20-6-9-31(10-7-20)17-23-16-30(3)26(13-19(23)2)25-15-21(5-8-29-25)27(32)33-4;1-4-5-12(7-6-11(2)3)13-8-14(16)10-15(17)9-13;1-2-7-5-6(8(10)11)3-4-9-7;1-4-6(3)5-2;1-3-4-2;1-2/h5,8,11-12,14-16,20,26H,2,6-7,9-10,13,17H2,1,3-4H3;8-12H,4-7H2,1-3H3;3-5H,2H2,1H3,(H,10,11);4H,5H2,1-3H3;3-4H2,1-2H3;1-2H/b;;;6-4+;;. The van der Waals surface area contributed by atoms with E-state index in [9.17, 15) is 9.59 Å². The van der Waals surface area contributed by atoms with Crippen molar-refractivity contribution in [1.82, 2.24) is 19.8 Å². The third-order valence-electron chi connectivity index (χ3n) is 12.9. The predicted octanol–water partition coefficient (Wildman–Crippen LogP) is 17.6. The third kappa shape index (κ3) is 25.3. The molecule has 2 aliphatic heterocycles. The number of aromatic carboxylic acids is 1. The molecule has 0 aliphatic carbocycles. The van der Waals surface area contributed by atoms with Crippen molar-refractivity contribution in [2.24, 2.45) is 5.92 Å². The number of halogens is 3. The van der Waals surface area contributed by atoms with Crippen LogP contribution in [-0.2, 0) is 11.2 Å². The Bertz CT molecular complexity index is 2310. The zero-order chi connectivity index (χ0) is 55.0. The van der Waals surface area contributed by atoms with Gasteiger partial charge in [-0.15, -0.1) is 12.8 Å². The summed E-state index contributed by atoms with van der Waals surface area (Å²) < 4.78 is 4.85. The summed E-state index contributed by atoms with van der Waals surface area (Å²) in [7, 11) is 3.46. The number of carboxylic acids is 1. The van der Waals surface area contributed by atoms with Gasteiger partial charge < -0.3 is 14.7 Å². The summed E-state index contributed by atoms with van der Waals surface area (Å²) in [6.45, 7) is 29.0. The molecule has 6 rings (SSSR count). The Kier molecular flexibility index (Phi) is 33.4. The molecule has 73 heavy (non-hydrogen) atoms. The number of piperidine rings is 1. The minimum absolute atomic E-state index is 0.0580. The number of unbranched alkanes of at least 4 members (excludes halogenated alkanes) is 1. The van der Waals surface area contributed by atoms with Crippen LogP contribution in [0.5, 0.6) is 0 Å². The Balaban J connectivity index is 0.000000552. The van der Waals surface area contributed by atoms with E-state index in [0.717, 1.165) is 83.3 Å². The Morgan fingerprint density at radius 2 is 1.45 bits per heavy atom. The Morgan fingerprint density at radius 3 is 1.96 bits per heavy atom. The van der Waals surface area contributed by atoms with Gasteiger partial charge in [-0.3, -0.25) is 14.9 Å². The number of ether oxygens (including phenoxy) is 1. The van der Waals surface area contributed by atoms with Gasteiger partial charge in [-0.25, -0.2) is 9.59 Å². The predicted molar refractivity (Wildman–Crippen MR) is 311 cm³/mol. The summed E-state index contributed by atoms with van der Waals surface area (Å²) in [5, 5.41) is 10.9. The molecule has 0 spiro atoms. The van der Waals surface area contributed by atoms with E-state index in [1.807, 2.05) is 19.1 Å². The third-order valence-corrected chi connectivity index (χ3v) is 13.5. The molecule has 4 heterocycles. The van der Waals surface area contributed by atoms with Crippen LogP contribution in [0.4, 0.5) is 0 Å². The number of carboxylic acid groups (broad SMARTS) is 1. The van der Waals surface area contributed by atoms with Crippen molar-refractivity contribution in [3.8, 4) is 12.8 Å². The smallest absolute Gasteiger partial charge is 0.337 e. The molecule has 0 bridgehead atoms. The highest BCUT2D eigenvalue weighted by molar-refractivity contribution is 6.34. The topological polar surface area (TPSA) is 95.9 Å². The molecule has 400 valence electrons. The molecule has 1 fully saturated rings. The highest BCUT2D eigenvalue weighted by Crippen LogP contribution is 2.36. The summed E-state index contributed by atoms with van der Waals surface area (Å²) in [5.74, 6) is 0.677. The van der Waals surface area contributed by atoms with Crippen LogP contribution in [0.15, 0.2) is 109 Å². The summed E-state index contributed by atoms with van der Waals surface area (Å²) in [5.41, 5.74) is 10.3. The van der Waals surface area contributed by atoms with Gasteiger partial charge in [-0.2, -0.15) is 0 Å². The second-order valence-corrected chi connectivity index (χ2v) is 20.4. The lowest BCUT2D eigenvalue weighted by molar-refractivity contribution is 0.0599. The minimum atomic E-state index is -0.901. The number of benzene rings is 2. The number of allylic oxidation sites excluding steroid dienone is 2. The van der Waals surface area contributed by atoms with E-state index in [1.54, 1.807) is 24.4 Å². The van der Waals surface area contributed by atoms with Crippen LogP contribution in [0.25, 0.3) is 0 Å². The summed E-state index contributed by atoms with van der Waals surface area (Å²) >= 11 is 18.4. The van der Waals surface area contributed by atoms with Gasteiger partial charge >= 0.3 is 11.9 Å². The van der Waals surface area contributed by atoms with E-state index in [4.69, 9.17) is 44.6 Å². The number of terminal acetylenes is 1. The van der Waals surface area contributed by atoms with Gasteiger partial charge in [-0.05, 0) is 179 Å². The second kappa shape index (κ2) is 36.9. The normalized spacial score (nSPS) is 15.0. The van der Waals surface area contributed by atoms with Gasteiger partial charge in [0.1, 0.15) is 0 Å². The molecule has 2 aromatic heterocycles. The van der Waals surface area contributed by atoms with Gasteiger partial charge in [-0.1, -0.05) is 133 Å². The Morgan fingerprint density at radius 1 is 0.849 bits per heavy atom. The molecule has 2 unspecified atom stereocenters. The van der Waals surface area contributed by atoms with Gasteiger partial charge in [0.05, 0.1) is 30.0 Å². The number of hydrogen-bond acceptors (Lipinski definition) is 7. The molecule has 2 aromatic carbocycles. The van der Waals surface area contributed by atoms with Crippen molar-refractivity contribution >= 4 is 46.7 Å². The highest BCUT2D eigenvalue weighted by atomic mass is 35.5. The van der Waals surface area contributed by atoms with E-state index in [0.29, 0.717) is 23.0 Å². The first-order chi connectivity index (χ1) is 34.8. The van der Waals surface area contributed by atoms with Crippen LogP contribution in [0.2, 0.25) is 15.1 Å². The molecule has 0 radical (unpaired) electrons. The van der Waals surface area contributed by atoms with Crippen LogP contribution >= 0.6 is 34.8 Å². The van der Waals surface area contributed by atoms with Crippen molar-refractivity contribution < 1.29 is 19.4 Å². The fourth-order valence-electron chi connectivity index (χ4n) is 8.12. The monoisotopic (exact) mass is 1060 g/mol. The summed E-state index contributed by atoms with van der Waals surface area (Å²) in [4.78, 5) is 35.6. The molecule has 1 saturated heterocycles. The molecule has 4 aromatic rings. The van der Waals surface area contributed by atoms with Gasteiger partial charge in [0, 0.05) is 52.9 Å². The van der Waals surface area contributed by atoms with E-state index in [2.05, 4.69) is 145 Å². The number of carbonyl (C=O) groups excluding carboxylic acids is 1. The second-order valence-electron chi connectivity index (χ2n) is 19.1. The van der Waals surface area contributed by atoms with Gasteiger partial charge in [0.25, 0.3) is 0 Å². The quantitative estimate of drug-likeness (QED) is 0.0715. The summed E-state index contributed by atoms with van der Waals surface area (Å²) in [6.07, 6.45) is 28.1. The molecule has 11 heteroatoms. The number of esters is 1. The van der Waals surface area contributed by atoms with Crippen molar-refractivity contribution in [3.05, 3.63) is 163 Å². The Labute approximate surface area is 456 Å². The number of likely N-dealkylation sites (tertiary alicyclic amines) is 1. The first kappa shape index (κ1) is 66.1. The maximum absolute atomic E-state index is 11.9. The summed E-state index contributed by atoms with van der Waals surface area (Å²) in [6, 6.07) is 19.0. The zero-order valence-corrected chi connectivity index (χ0v) is 48.5. The largest absolute Gasteiger partial charge is 0.478 e. The van der Waals surface area contributed by atoms with E-state index < -0.39 is 5.97 Å². The average molecular weight is 1060 g/mol. The number of pyridine rings is 2. The lowest BCUT2D eigenvalue weighted by atomic mass is 9.88. The van der Waals surface area contributed by atoms with Crippen LogP contribution in [0.1, 0.15) is 193 Å². The van der Waals surface area contributed by atoms with E-state index in [-0.39, 0.29) is 12.0 Å². The fraction of sp³-hybridized carbons (Fsp3) is 0.484. The average Bonchev–Trinajstić information content (AvgIpc) is 3.38. The maximum atomic E-state index is 11.9. The molecular weight excluding hydrogens is 971 g/mol. The van der Waals surface area contributed by atoms with E-state index >= 15 is 0 Å². The van der Waals surface area contributed by atoms with Gasteiger partial charge in [0.2, 0.25) is 0 Å². The van der Waals surface area contributed by atoms with Crippen LogP contribution in [-0.4, -0.2) is 70.6 Å². The molecular formula is C62H87Cl3N4O4. The van der Waals surface area contributed by atoms with Crippen molar-refractivity contribution in [2.75, 3.05) is 33.8 Å². The SMILES string of the molecule is C#C.C/C=C(\C)CC.C=C1CC(c2cc(C(=O)OC)ccn2)N(C)C=C1CN1CCC(c2cc(C)cc(Cl)c2)CC1.CCCC.CCCC(CCC(C)C)c1cc(Cl)cc(Cl)c1.CCc1cc(C(=O)O)ccn1. The number of rotatable bonds is 15. The maximum Gasteiger partial charge on any atom is 0.337 e. The van der Waals surface area contributed by atoms with Crippen LogP contribution in [0.3, 0.4) is 0 Å². The number of methoxy groups -OCH3 is 1. The van der Waals surface area contributed by atoms with E-state index in [1.165, 1.54) is 92.2 Å². The molecule has 2 atom stereocenters. The molecule has 2 aliphatic rings. The number of aromatic nitrogens is 2. The zero-order valence-electron chi connectivity index (χ0n) is 46.2. The minimum Gasteiger partial charge on any atom is -0.478 e. The van der Waals surface area contributed by atoms with Crippen molar-refractivity contribution in [3.63, 3.8) is 0 Å². The number of hydrogen-bond donors (Lipinski definition) is 1. The van der Waals surface area contributed by atoms with Crippen LogP contribution < -0.4 is 0 Å².